The molecule has 2 amide bonds. The fourth-order valence-electron chi connectivity index (χ4n) is 2.59. The van der Waals surface area contributed by atoms with Gasteiger partial charge in [0.15, 0.2) is 0 Å². The van der Waals surface area contributed by atoms with Gasteiger partial charge in [0.1, 0.15) is 5.69 Å². The van der Waals surface area contributed by atoms with Crippen LogP contribution in [-0.4, -0.2) is 45.8 Å². The first-order valence-electron chi connectivity index (χ1n) is 7.52. The average molecular weight is 288 g/mol. The van der Waals surface area contributed by atoms with E-state index in [1.807, 2.05) is 6.92 Å². The Labute approximate surface area is 124 Å². The quantitative estimate of drug-likeness (QED) is 0.897. The minimum absolute atomic E-state index is 0.0880. The zero-order valence-electron chi connectivity index (χ0n) is 12.2. The van der Waals surface area contributed by atoms with Crippen molar-refractivity contribution in [2.45, 2.75) is 38.6 Å². The summed E-state index contributed by atoms with van der Waals surface area (Å²) in [4.78, 5) is 34.5. The van der Waals surface area contributed by atoms with Crippen LogP contribution in [0.2, 0.25) is 0 Å². The van der Waals surface area contributed by atoms with Gasteiger partial charge in [0.05, 0.1) is 17.8 Å². The van der Waals surface area contributed by atoms with Crippen LogP contribution in [-0.2, 0) is 4.79 Å². The van der Waals surface area contributed by atoms with Crippen LogP contribution in [0.15, 0.2) is 12.4 Å². The maximum atomic E-state index is 12.4. The third-order valence-electron chi connectivity index (χ3n) is 4.00. The SMILES string of the molecule is Cc1cnc(C(=O)N2CCC[C@@H](C(=O)NC3CC3)C2)cn1. The topological polar surface area (TPSA) is 75.2 Å². The van der Waals surface area contributed by atoms with Crippen LogP contribution < -0.4 is 5.32 Å². The molecule has 6 nitrogen and oxygen atoms in total. The van der Waals surface area contributed by atoms with Crippen LogP contribution in [0.1, 0.15) is 41.9 Å². The molecule has 112 valence electrons. The van der Waals surface area contributed by atoms with E-state index in [1.54, 1.807) is 11.1 Å². The van der Waals surface area contributed by atoms with Gasteiger partial charge in [0.25, 0.3) is 5.91 Å². The van der Waals surface area contributed by atoms with Crippen molar-refractivity contribution in [2.24, 2.45) is 5.92 Å². The lowest BCUT2D eigenvalue weighted by Gasteiger charge is -2.31. The van der Waals surface area contributed by atoms with Crippen molar-refractivity contribution >= 4 is 11.8 Å². The van der Waals surface area contributed by atoms with Crippen molar-refractivity contribution in [3.63, 3.8) is 0 Å². The molecule has 1 aliphatic carbocycles. The maximum absolute atomic E-state index is 12.4. The van der Waals surface area contributed by atoms with Crippen LogP contribution in [0.4, 0.5) is 0 Å². The van der Waals surface area contributed by atoms with Crippen molar-refractivity contribution in [3.8, 4) is 0 Å². The van der Waals surface area contributed by atoms with Gasteiger partial charge in [-0.25, -0.2) is 4.98 Å². The first-order chi connectivity index (χ1) is 10.1. The van der Waals surface area contributed by atoms with E-state index in [2.05, 4.69) is 15.3 Å². The van der Waals surface area contributed by atoms with E-state index in [0.717, 1.165) is 31.4 Å². The number of hydrogen-bond acceptors (Lipinski definition) is 4. The Bertz CT molecular complexity index is 539. The number of piperidine rings is 1. The predicted molar refractivity (Wildman–Crippen MR) is 76.6 cm³/mol. The number of hydrogen-bond donors (Lipinski definition) is 1. The number of amides is 2. The lowest BCUT2D eigenvalue weighted by molar-refractivity contribution is -0.126. The number of carbonyl (C=O) groups is 2. The zero-order valence-corrected chi connectivity index (χ0v) is 12.2. The molecule has 2 fully saturated rings. The highest BCUT2D eigenvalue weighted by molar-refractivity contribution is 5.92. The molecule has 1 atom stereocenters. The fraction of sp³-hybridized carbons (Fsp3) is 0.600. The van der Waals surface area contributed by atoms with Crippen LogP contribution >= 0.6 is 0 Å². The summed E-state index contributed by atoms with van der Waals surface area (Å²) in [7, 11) is 0. The largest absolute Gasteiger partial charge is 0.353 e. The Morgan fingerprint density at radius 2 is 2.05 bits per heavy atom. The van der Waals surface area contributed by atoms with E-state index in [-0.39, 0.29) is 17.7 Å². The molecule has 1 N–H and O–H groups in total. The van der Waals surface area contributed by atoms with Gasteiger partial charge in [-0.1, -0.05) is 0 Å². The van der Waals surface area contributed by atoms with E-state index >= 15 is 0 Å². The summed E-state index contributed by atoms with van der Waals surface area (Å²) in [5, 5.41) is 3.03. The monoisotopic (exact) mass is 288 g/mol. The zero-order chi connectivity index (χ0) is 14.8. The highest BCUT2D eigenvalue weighted by atomic mass is 16.2. The summed E-state index contributed by atoms with van der Waals surface area (Å²) in [5.41, 5.74) is 1.13. The Hall–Kier alpha value is -1.98. The molecule has 1 saturated heterocycles. The Morgan fingerprint density at radius 1 is 1.24 bits per heavy atom. The van der Waals surface area contributed by atoms with Gasteiger partial charge < -0.3 is 10.2 Å². The third kappa shape index (κ3) is 3.37. The van der Waals surface area contributed by atoms with Crippen molar-refractivity contribution in [1.29, 1.82) is 0 Å². The van der Waals surface area contributed by atoms with Crippen molar-refractivity contribution in [2.75, 3.05) is 13.1 Å². The van der Waals surface area contributed by atoms with Gasteiger partial charge in [-0.3, -0.25) is 14.6 Å². The highest BCUT2D eigenvalue weighted by Crippen LogP contribution is 2.22. The first-order valence-corrected chi connectivity index (χ1v) is 7.52. The standard InChI is InChI=1S/C15H20N4O2/c1-10-7-17-13(8-16-10)15(21)19-6-2-3-11(9-19)14(20)18-12-4-5-12/h7-8,11-12H,2-6,9H2,1H3,(H,18,20)/t11-/m1/s1. The minimum atomic E-state index is -0.133. The van der Waals surface area contributed by atoms with E-state index in [9.17, 15) is 9.59 Å². The van der Waals surface area contributed by atoms with Gasteiger partial charge in [-0.05, 0) is 32.6 Å². The summed E-state index contributed by atoms with van der Waals surface area (Å²) >= 11 is 0. The van der Waals surface area contributed by atoms with Gasteiger partial charge in [0.2, 0.25) is 5.91 Å². The lowest BCUT2D eigenvalue weighted by Crippen LogP contribution is -2.46. The smallest absolute Gasteiger partial charge is 0.274 e. The lowest BCUT2D eigenvalue weighted by atomic mass is 9.97. The summed E-state index contributed by atoms with van der Waals surface area (Å²) in [6.45, 7) is 2.99. The van der Waals surface area contributed by atoms with Gasteiger partial charge >= 0.3 is 0 Å². The summed E-state index contributed by atoms with van der Waals surface area (Å²) in [6, 6.07) is 0.367. The molecular formula is C15H20N4O2. The second kappa shape index (κ2) is 5.79. The van der Waals surface area contributed by atoms with Crippen molar-refractivity contribution in [1.82, 2.24) is 20.2 Å². The molecule has 1 aromatic heterocycles. The molecule has 2 aliphatic rings. The number of nitrogens with one attached hydrogen (secondary N) is 1. The van der Waals surface area contributed by atoms with E-state index in [0.29, 0.717) is 24.8 Å². The molecule has 0 radical (unpaired) electrons. The number of rotatable bonds is 3. The van der Waals surface area contributed by atoms with Crippen molar-refractivity contribution in [3.05, 3.63) is 23.8 Å². The summed E-state index contributed by atoms with van der Waals surface area (Å²) < 4.78 is 0. The highest BCUT2D eigenvalue weighted by Gasteiger charge is 2.32. The molecule has 1 aromatic rings. The van der Waals surface area contributed by atoms with E-state index in [4.69, 9.17) is 0 Å². The molecule has 21 heavy (non-hydrogen) atoms. The first kappa shape index (κ1) is 14.0. The number of likely N-dealkylation sites (tertiary alicyclic amines) is 1. The van der Waals surface area contributed by atoms with Crippen LogP contribution in [0.25, 0.3) is 0 Å². The minimum Gasteiger partial charge on any atom is -0.353 e. The number of aryl methyl sites for hydroxylation is 1. The number of aromatic nitrogens is 2. The van der Waals surface area contributed by atoms with Gasteiger partial charge in [-0.2, -0.15) is 0 Å². The molecule has 0 aromatic carbocycles. The Balaban J connectivity index is 1.63. The molecule has 1 aliphatic heterocycles. The van der Waals surface area contributed by atoms with Crippen LogP contribution in [0.3, 0.4) is 0 Å². The predicted octanol–water partition coefficient (Wildman–Crippen LogP) is 0.916. The molecule has 6 heteroatoms. The molecule has 0 bridgehead atoms. The molecule has 0 spiro atoms. The van der Waals surface area contributed by atoms with E-state index in [1.165, 1.54) is 6.20 Å². The Morgan fingerprint density at radius 3 is 2.71 bits per heavy atom. The van der Waals surface area contributed by atoms with Gasteiger partial charge in [-0.15, -0.1) is 0 Å². The van der Waals surface area contributed by atoms with Crippen molar-refractivity contribution < 1.29 is 9.59 Å². The van der Waals surface area contributed by atoms with Crippen LogP contribution in [0, 0.1) is 12.8 Å². The molecule has 2 heterocycles. The maximum Gasteiger partial charge on any atom is 0.274 e. The summed E-state index contributed by atoms with van der Waals surface area (Å²) in [6.07, 6.45) is 6.97. The Kier molecular flexibility index (Phi) is 3.86. The fourth-order valence-corrected chi connectivity index (χ4v) is 2.59. The summed E-state index contributed by atoms with van der Waals surface area (Å²) in [5.74, 6) is -0.141. The molecular weight excluding hydrogens is 268 g/mol. The van der Waals surface area contributed by atoms with Gasteiger partial charge in [0, 0.05) is 25.3 Å². The third-order valence-corrected chi connectivity index (χ3v) is 4.00. The normalized spacial score (nSPS) is 22.0. The van der Waals surface area contributed by atoms with Crippen LogP contribution in [0.5, 0.6) is 0 Å². The number of carbonyl (C=O) groups excluding carboxylic acids is 2. The number of nitrogens with zero attached hydrogens (tertiary/aromatic N) is 3. The average Bonchev–Trinajstić information content (AvgIpc) is 3.31. The van der Waals surface area contributed by atoms with E-state index < -0.39 is 0 Å². The molecule has 1 saturated carbocycles. The second-order valence-corrected chi connectivity index (χ2v) is 5.92. The molecule has 0 unspecified atom stereocenters. The second-order valence-electron chi connectivity index (χ2n) is 5.92. The molecule has 3 rings (SSSR count).